The molecule has 0 radical (unpaired) electrons. The van der Waals surface area contributed by atoms with Gasteiger partial charge in [0.2, 0.25) is 6.79 Å². The van der Waals surface area contributed by atoms with Crippen LogP contribution in [0.25, 0.3) is 0 Å². The van der Waals surface area contributed by atoms with Crippen molar-refractivity contribution in [3.05, 3.63) is 23.8 Å². The summed E-state index contributed by atoms with van der Waals surface area (Å²) in [6.45, 7) is 1.21. The summed E-state index contributed by atoms with van der Waals surface area (Å²) in [7, 11) is 1.80. The van der Waals surface area contributed by atoms with E-state index in [0.29, 0.717) is 18.9 Å². The first kappa shape index (κ1) is 11.8. The van der Waals surface area contributed by atoms with Gasteiger partial charge in [0.1, 0.15) is 0 Å². The molecule has 1 aromatic rings. The zero-order valence-electron chi connectivity index (χ0n) is 10.6. The zero-order valence-corrected chi connectivity index (χ0v) is 10.6. The highest BCUT2D eigenvalue weighted by Gasteiger charge is 2.23. The Hall–Kier alpha value is -1.26. The van der Waals surface area contributed by atoms with Gasteiger partial charge in [-0.05, 0) is 37.0 Å². The Balaban J connectivity index is 1.54. The number of fused-ring (bicyclic) bond motifs is 1. The minimum absolute atomic E-state index is 0.338. The van der Waals surface area contributed by atoms with Crippen molar-refractivity contribution in [1.82, 2.24) is 5.32 Å². The lowest BCUT2D eigenvalue weighted by molar-refractivity contribution is 0.107. The van der Waals surface area contributed by atoms with E-state index in [4.69, 9.17) is 14.2 Å². The van der Waals surface area contributed by atoms with Gasteiger partial charge in [0, 0.05) is 19.7 Å². The van der Waals surface area contributed by atoms with Crippen LogP contribution in [-0.4, -0.2) is 26.0 Å². The van der Waals surface area contributed by atoms with E-state index < -0.39 is 0 Å². The minimum atomic E-state index is 0.338. The van der Waals surface area contributed by atoms with Crippen LogP contribution >= 0.6 is 0 Å². The van der Waals surface area contributed by atoms with Crippen molar-refractivity contribution in [1.29, 1.82) is 0 Å². The van der Waals surface area contributed by atoms with Crippen molar-refractivity contribution in [2.24, 2.45) is 0 Å². The fraction of sp³-hybridized carbons (Fsp3) is 0.571. The molecule has 1 fully saturated rings. The topological polar surface area (TPSA) is 39.7 Å². The second-order valence-corrected chi connectivity index (χ2v) is 4.94. The van der Waals surface area contributed by atoms with Crippen LogP contribution in [0.5, 0.6) is 11.5 Å². The monoisotopic (exact) mass is 249 g/mol. The van der Waals surface area contributed by atoms with Crippen LogP contribution in [0.1, 0.15) is 24.8 Å². The van der Waals surface area contributed by atoms with Gasteiger partial charge in [-0.15, -0.1) is 0 Å². The van der Waals surface area contributed by atoms with Gasteiger partial charge in [0.05, 0.1) is 6.10 Å². The van der Waals surface area contributed by atoms with Crippen LogP contribution < -0.4 is 14.8 Å². The predicted molar refractivity (Wildman–Crippen MR) is 67.8 cm³/mol. The van der Waals surface area contributed by atoms with Gasteiger partial charge in [-0.1, -0.05) is 6.07 Å². The average molecular weight is 249 g/mol. The molecular formula is C14H19NO3. The molecule has 1 aromatic carbocycles. The number of ether oxygens (including phenoxy) is 3. The summed E-state index contributed by atoms with van der Waals surface area (Å²) in [6.07, 6.45) is 3.90. The summed E-state index contributed by atoms with van der Waals surface area (Å²) in [4.78, 5) is 0. The Morgan fingerprint density at radius 3 is 3.00 bits per heavy atom. The molecule has 0 bridgehead atoms. The first-order valence-corrected chi connectivity index (χ1v) is 6.50. The average Bonchev–Trinajstić information content (AvgIpc) is 3.04. The van der Waals surface area contributed by atoms with E-state index in [-0.39, 0.29) is 0 Å². The van der Waals surface area contributed by atoms with Crippen molar-refractivity contribution in [2.45, 2.75) is 38.0 Å². The van der Waals surface area contributed by atoms with Crippen LogP contribution in [0.15, 0.2) is 18.2 Å². The molecule has 1 aliphatic heterocycles. The van der Waals surface area contributed by atoms with Crippen molar-refractivity contribution in [2.75, 3.05) is 13.9 Å². The largest absolute Gasteiger partial charge is 0.454 e. The van der Waals surface area contributed by atoms with Gasteiger partial charge in [0.15, 0.2) is 11.5 Å². The summed E-state index contributed by atoms with van der Waals surface area (Å²) >= 11 is 0. The smallest absolute Gasteiger partial charge is 0.231 e. The predicted octanol–water partition coefficient (Wildman–Crippen LogP) is 2.07. The molecule has 1 N–H and O–H groups in total. The number of benzene rings is 1. The number of rotatable bonds is 4. The molecule has 3 rings (SSSR count). The second kappa shape index (κ2) is 5.16. The maximum absolute atomic E-state index is 5.38. The van der Waals surface area contributed by atoms with Crippen LogP contribution in [0.2, 0.25) is 0 Å². The molecule has 0 saturated heterocycles. The van der Waals surface area contributed by atoms with Gasteiger partial charge in [-0.2, -0.15) is 0 Å². The highest BCUT2D eigenvalue weighted by atomic mass is 16.7. The molecule has 0 spiro atoms. The lowest BCUT2D eigenvalue weighted by Crippen LogP contribution is -2.26. The minimum Gasteiger partial charge on any atom is -0.454 e. The first-order chi connectivity index (χ1) is 8.85. The Morgan fingerprint density at radius 1 is 1.28 bits per heavy atom. The third kappa shape index (κ3) is 2.44. The van der Waals surface area contributed by atoms with Crippen molar-refractivity contribution in [3.63, 3.8) is 0 Å². The summed E-state index contributed by atoms with van der Waals surface area (Å²) in [5.74, 6) is 1.70. The highest BCUT2D eigenvalue weighted by Crippen LogP contribution is 2.32. The van der Waals surface area contributed by atoms with E-state index in [0.717, 1.165) is 30.9 Å². The molecule has 2 aliphatic rings. The number of nitrogens with one attached hydrogen (secondary N) is 1. The Bertz CT molecular complexity index is 422. The maximum Gasteiger partial charge on any atom is 0.231 e. The maximum atomic E-state index is 5.38. The van der Waals surface area contributed by atoms with E-state index in [1.165, 1.54) is 12.0 Å². The Kier molecular flexibility index (Phi) is 3.39. The summed E-state index contributed by atoms with van der Waals surface area (Å²) < 4.78 is 16.1. The molecule has 1 aliphatic carbocycles. The van der Waals surface area contributed by atoms with Gasteiger partial charge in [-0.25, -0.2) is 0 Å². The van der Waals surface area contributed by atoms with E-state index in [1.54, 1.807) is 7.11 Å². The molecule has 2 unspecified atom stereocenters. The quantitative estimate of drug-likeness (QED) is 0.886. The van der Waals surface area contributed by atoms with Crippen molar-refractivity contribution >= 4 is 0 Å². The fourth-order valence-corrected chi connectivity index (χ4v) is 2.65. The Morgan fingerprint density at radius 2 is 2.17 bits per heavy atom. The van der Waals surface area contributed by atoms with Gasteiger partial charge in [0.25, 0.3) is 0 Å². The third-order valence-corrected chi connectivity index (χ3v) is 3.75. The van der Waals surface area contributed by atoms with Crippen LogP contribution in [0, 0.1) is 0 Å². The van der Waals surface area contributed by atoms with Gasteiger partial charge in [-0.3, -0.25) is 0 Å². The van der Waals surface area contributed by atoms with Crippen LogP contribution in [0.3, 0.4) is 0 Å². The summed E-state index contributed by atoms with van der Waals surface area (Å²) in [6, 6.07) is 6.69. The standard InChI is InChI=1S/C14H19NO3/c1-16-12-4-3-11(7-12)15-8-10-2-5-13-14(6-10)18-9-17-13/h2,5-6,11-12,15H,3-4,7-9H2,1H3. The van der Waals surface area contributed by atoms with E-state index >= 15 is 0 Å². The SMILES string of the molecule is COC1CCC(NCc2ccc3c(c2)OCO3)C1. The van der Waals surface area contributed by atoms with E-state index in [9.17, 15) is 0 Å². The third-order valence-electron chi connectivity index (χ3n) is 3.75. The number of hydrogen-bond acceptors (Lipinski definition) is 4. The van der Waals surface area contributed by atoms with Crippen molar-refractivity contribution < 1.29 is 14.2 Å². The normalized spacial score (nSPS) is 25.6. The Labute approximate surface area is 107 Å². The molecule has 1 heterocycles. The lowest BCUT2D eigenvalue weighted by Gasteiger charge is -2.13. The van der Waals surface area contributed by atoms with Crippen LogP contribution in [0.4, 0.5) is 0 Å². The first-order valence-electron chi connectivity index (χ1n) is 6.50. The second-order valence-electron chi connectivity index (χ2n) is 4.94. The molecule has 4 heteroatoms. The van der Waals surface area contributed by atoms with Crippen molar-refractivity contribution in [3.8, 4) is 11.5 Å². The molecule has 4 nitrogen and oxygen atoms in total. The zero-order chi connectivity index (χ0) is 12.4. The van der Waals surface area contributed by atoms with E-state index in [2.05, 4.69) is 17.4 Å². The molecule has 2 atom stereocenters. The van der Waals surface area contributed by atoms with Gasteiger partial charge < -0.3 is 19.5 Å². The van der Waals surface area contributed by atoms with Crippen LogP contribution in [-0.2, 0) is 11.3 Å². The highest BCUT2D eigenvalue weighted by molar-refractivity contribution is 5.44. The molecule has 1 saturated carbocycles. The lowest BCUT2D eigenvalue weighted by atomic mass is 10.1. The van der Waals surface area contributed by atoms with Gasteiger partial charge >= 0.3 is 0 Å². The molecular weight excluding hydrogens is 230 g/mol. The summed E-state index contributed by atoms with van der Waals surface area (Å²) in [5, 5.41) is 3.58. The number of hydrogen-bond donors (Lipinski definition) is 1. The molecule has 18 heavy (non-hydrogen) atoms. The van der Waals surface area contributed by atoms with E-state index in [1.807, 2.05) is 6.07 Å². The fourth-order valence-electron chi connectivity index (χ4n) is 2.65. The molecule has 0 amide bonds. The summed E-state index contributed by atoms with van der Waals surface area (Å²) in [5.41, 5.74) is 1.24. The molecule has 98 valence electrons. The number of methoxy groups -OCH3 is 1. The molecule has 0 aromatic heterocycles.